The highest BCUT2D eigenvalue weighted by molar-refractivity contribution is 5.21. The third kappa shape index (κ3) is 1.84. The first-order valence-electron chi connectivity index (χ1n) is 4.78. The van der Waals surface area contributed by atoms with Crippen LogP contribution in [0.25, 0.3) is 0 Å². The lowest BCUT2D eigenvalue weighted by Gasteiger charge is -2.10. The molecule has 0 aliphatic heterocycles. The average Bonchev–Trinajstić information content (AvgIpc) is 2.89. The minimum Gasteiger partial charge on any atom is -0.299 e. The van der Waals surface area contributed by atoms with E-state index in [1.807, 2.05) is 0 Å². The lowest BCUT2D eigenvalue weighted by atomic mass is 10.1. The second kappa shape index (κ2) is 3.09. The molecule has 1 aliphatic rings. The molecule has 1 saturated carbocycles. The predicted octanol–water partition coefficient (Wildman–Crippen LogP) is 0.208. The van der Waals surface area contributed by atoms with Crippen LogP contribution in [0.2, 0.25) is 0 Å². The number of nitrogens with one attached hydrogen (secondary N) is 1. The fraction of sp³-hybridized carbons (Fsp3) is 0.500. The molecule has 1 aromatic heterocycles. The minimum atomic E-state index is -0.611. The van der Waals surface area contributed by atoms with E-state index in [-0.39, 0.29) is 11.0 Å². The summed E-state index contributed by atoms with van der Waals surface area (Å²) < 4.78 is 1.41. The molecule has 0 bridgehead atoms. The summed E-state index contributed by atoms with van der Waals surface area (Å²) in [5.41, 5.74) is -0.903. The molecule has 0 spiro atoms. The molecule has 2 rings (SSSR count). The Hall–Kier alpha value is -1.83. The number of hydrogen-bond acceptors (Lipinski definition) is 3. The third-order valence-electron chi connectivity index (χ3n) is 2.79. The Kier molecular flexibility index (Phi) is 2.00. The van der Waals surface area contributed by atoms with Gasteiger partial charge in [-0.05, 0) is 18.3 Å². The molecule has 1 fully saturated rings. The second-order valence-electron chi connectivity index (χ2n) is 4.35. The van der Waals surface area contributed by atoms with Gasteiger partial charge >= 0.3 is 5.69 Å². The number of aromatic nitrogens is 2. The lowest BCUT2D eigenvalue weighted by molar-refractivity contribution is 0.448. The first kappa shape index (κ1) is 9.71. The highest BCUT2D eigenvalue weighted by atomic mass is 16.2. The maximum Gasteiger partial charge on any atom is 0.328 e. The van der Waals surface area contributed by atoms with Gasteiger partial charge in [0.25, 0.3) is 5.56 Å². The highest BCUT2D eigenvalue weighted by Crippen LogP contribution is 2.45. The molecule has 0 radical (unpaired) electrons. The Labute approximate surface area is 86.0 Å². The van der Waals surface area contributed by atoms with Gasteiger partial charge in [-0.15, -0.1) is 0 Å². The molecule has 0 amide bonds. The average molecular weight is 205 g/mol. The SMILES string of the molecule is CC1(Cn2cc(C#N)c(=O)[nH]c2=O)CC1. The van der Waals surface area contributed by atoms with Crippen molar-refractivity contribution in [3.63, 3.8) is 0 Å². The summed E-state index contributed by atoms with van der Waals surface area (Å²) in [6.45, 7) is 2.65. The summed E-state index contributed by atoms with van der Waals surface area (Å²) in [5.74, 6) is 0. The number of nitrogens with zero attached hydrogens (tertiary/aromatic N) is 2. The molecule has 1 heterocycles. The van der Waals surface area contributed by atoms with Gasteiger partial charge in [-0.3, -0.25) is 14.3 Å². The zero-order valence-corrected chi connectivity index (χ0v) is 8.41. The molecule has 1 aliphatic carbocycles. The van der Waals surface area contributed by atoms with E-state index < -0.39 is 11.2 Å². The first-order valence-corrected chi connectivity index (χ1v) is 4.78. The summed E-state index contributed by atoms with van der Waals surface area (Å²) >= 11 is 0. The van der Waals surface area contributed by atoms with Crippen LogP contribution in [0.1, 0.15) is 25.3 Å². The molecule has 0 unspecified atom stereocenters. The zero-order valence-electron chi connectivity index (χ0n) is 8.41. The number of rotatable bonds is 2. The Morgan fingerprint density at radius 1 is 1.60 bits per heavy atom. The van der Waals surface area contributed by atoms with Gasteiger partial charge in [-0.1, -0.05) is 6.92 Å². The molecule has 15 heavy (non-hydrogen) atoms. The van der Waals surface area contributed by atoms with Crippen LogP contribution in [0.3, 0.4) is 0 Å². The fourth-order valence-electron chi connectivity index (χ4n) is 1.49. The van der Waals surface area contributed by atoms with Gasteiger partial charge in [0.05, 0.1) is 0 Å². The third-order valence-corrected chi connectivity index (χ3v) is 2.79. The smallest absolute Gasteiger partial charge is 0.299 e. The molecule has 0 atom stereocenters. The molecule has 5 nitrogen and oxygen atoms in total. The lowest BCUT2D eigenvalue weighted by Crippen LogP contribution is -2.32. The van der Waals surface area contributed by atoms with Crippen molar-refractivity contribution >= 4 is 0 Å². The Balaban J connectivity index is 2.44. The Morgan fingerprint density at radius 2 is 2.27 bits per heavy atom. The fourth-order valence-corrected chi connectivity index (χ4v) is 1.49. The van der Waals surface area contributed by atoms with Crippen molar-refractivity contribution < 1.29 is 0 Å². The Bertz CT molecular complexity index is 543. The Morgan fingerprint density at radius 3 is 2.80 bits per heavy atom. The van der Waals surface area contributed by atoms with Crippen LogP contribution in [-0.2, 0) is 6.54 Å². The molecule has 5 heteroatoms. The van der Waals surface area contributed by atoms with Gasteiger partial charge in [0.15, 0.2) is 0 Å². The molecule has 0 saturated heterocycles. The maximum absolute atomic E-state index is 11.4. The highest BCUT2D eigenvalue weighted by Gasteiger charge is 2.37. The van der Waals surface area contributed by atoms with Crippen LogP contribution in [0.5, 0.6) is 0 Å². The molecular weight excluding hydrogens is 194 g/mol. The van der Waals surface area contributed by atoms with Gasteiger partial charge in [0, 0.05) is 12.7 Å². The van der Waals surface area contributed by atoms with Crippen molar-refractivity contribution in [3.05, 3.63) is 32.6 Å². The number of H-pyrrole nitrogens is 1. The largest absolute Gasteiger partial charge is 0.328 e. The van der Waals surface area contributed by atoms with Crippen molar-refractivity contribution in [2.24, 2.45) is 5.41 Å². The standard InChI is InChI=1S/C10H11N3O2/c1-10(2-3-10)6-13-5-7(4-11)8(14)12-9(13)15/h5H,2-3,6H2,1H3,(H,12,14,15). The van der Waals surface area contributed by atoms with Crippen molar-refractivity contribution in [2.75, 3.05) is 0 Å². The van der Waals surface area contributed by atoms with Crippen molar-refractivity contribution in [2.45, 2.75) is 26.3 Å². The van der Waals surface area contributed by atoms with E-state index in [0.717, 1.165) is 12.8 Å². The number of hydrogen-bond donors (Lipinski definition) is 1. The van der Waals surface area contributed by atoms with Gasteiger partial charge < -0.3 is 0 Å². The van der Waals surface area contributed by atoms with Gasteiger partial charge in [0.1, 0.15) is 11.6 Å². The van der Waals surface area contributed by atoms with Crippen molar-refractivity contribution in [1.29, 1.82) is 5.26 Å². The normalized spacial score (nSPS) is 17.1. The zero-order chi connectivity index (χ0) is 11.1. The van der Waals surface area contributed by atoms with Crippen molar-refractivity contribution in [3.8, 4) is 6.07 Å². The van der Waals surface area contributed by atoms with E-state index in [9.17, 15) is 9.59 Å². The molecular formula is C10H11N3O2. The minimum absolute atomic E-state index is 0.0150. The summed E-state index contributed by atoms with van der Waals surface area (Å²) in [5, 5.41) is 8.66. The summed E-state index contributed by atoms with van der Waals surface area (Å²) in [4.78, 5) is 24.7. The van der Waals surface area contributed by atoms with Crippen LogP contribution in [-0.4, -0.2) is 9.55 Å². The topological polar surface area (TPSA) is 78.7 Å². The number of nitriles is 1. The maximum atomic E-state index is 11.4. The molecule has 1 N–H and O–H groups in total. The van der Waals surface area contributed by atoms with Gasteiger partial charge in [0.2, 0.25) is 0 Å². The van der Waals surface area contributed by atoms with Crippen LogP contribution in [0, 0.1) is 16.7 Å². The van der Waals surface area contributed by atoms with E-state index in [0.29, 0.717) is 6.54 Å². The quantitative estimate of drug-likeness (QED) is 0.749. The van der Waals surface area contributed by atoms with Crippen LogP contribution < -0.4 is 11.2 Å². The van der Waals surface area contributed by atoms with E-state index >= 15 is 0 Å². The van der Waals surface area contributed by atoms with E-state index in [1.54, 1.807) is 6.07 Å². The predicted molar refractivity (Wildman–Crippen MR) is 53.4 cm³/mol. The first-order chi connectivity index (χ1) is 7.04. The number of aromatic amines is 1. The van der Waals surface area contributed by atoms with Crippen molar-refractivity contribution in [1.82, 2.24) is 9.55 Å². The summed E-state index contributed by atoms with van der Waals surface area (Å²) in [6.07, 6.45) is 3.51. The van der Waals surface area contributed by atoms with E-state index in [1.165, 1.54) is 10.8 Å². The van der Waals surface area contributed by atoms with Gasteiger partial charge in [-0.2, -0.15) is 5.26 Å². The van der Waals surface area contributed by atoms with Gasteiger partial charge in [-0.25, -0.2) is 4.79 Å². The van der Waals surface area contributed by atoms with Crippen LogP contribution >= 0.6 is 0 Å². The molecule has 78 valence electrons. The molecule has 1 aromatic rings. The second-order valence-corrected chi connectivity index (χ2v) is 4.35. The van der Waals surface area contributed by atoms with Crippen LogP contribution in [0.4, 0.5) is 0 Å². The van der Waals surface area contributed by atoms with Crippen LogP contribution in [0.15, 0.2) is 15.8 Å². The molecule has 0 aromatic carbocycles. The van der Waals surface area contributed by atoms with E-state index in [2.05, 4.69) is 11.9 Å². The van der Waals surface area contributed by atoms with E-state index in [4.69, 9.17) is 5.26 Å². The summed E-state index contributed by atoms with van der Waals surface area (Å²) in [7, 11) is 0. The monoisotopic (exact) mass is 205 g/mol. The summed E-state index contributed by atoms with van der Waals surface area (Å²) in [6, 6.07) is 1.77.